The normalized spacial score (nSPS) is 11.7. The average Bonchev–Trinajstić information content (AvgIpc) is 4.08. The summed E-state index contributed by atoms with van der Waals surface area (Å²) in [6, 6.07) is 74.0. The number of para-hydroxylation sites is 4. The molecule has 0 aliphatic rings. The summed E-state index contributed by atoms with van der Waals surface area (Å²) >= 11 is 1.84. The third-order valence-corrected chi connectivity index (χ3v) is 13.5. The van der Waals surface area contributed by atoms with Gasteiger partial charge in [-0.2, -0.15) is 0 Å². The quantitative estimate of drug-likeness (QED) is 0.160. The minimum Gasteiger partial charge on any atom is -0.456 e. The molecular formula is C58H35N5OS. The molecule has 0 saturated heterocycles. The van der Waals surface area contributed by atoms with E-state index in [9.17, 15) is 0 Å². The highest BCUT2D eigenvalue weighted by atomic mass is 32.1. The number of fused-ring (bicyclic) bond motifs is 7. The predicted molar refractivity (Wildman–Crippen MR) is 267 cm³/mol. The number of hydrogen-bond donors (Lipinski definition) is 0. The van der Waals surface area contributed by atoms with Crippen molar-refractivity contribution in [2.75, 3.05) is 0 Å². The van der Waals surface area contributed by atoms with Crippen LogP contribution >= 0.6 is 11.3 Å². The summed E-state index contributed by atoms with van der Waals surface area (Å²) in [5.74, 6) is 2.75. The zero-order valence-corrected chi connectivity index (χ0v) is 35.6. The van der Waals surface area contributed by atoms with Crippen LogP contribution in [0.2, 0.25) is 0 Å². The first kappa shape index (κ1) is 37.1. The average molecular weight is 850 g/mol. The molecule has 13 aromatic rings. The van der Waals surface area contributed by atoms with Crippen molar-refractivity contribution in [1.82, 2.24) is 24.5 Å². The Balaban J connectivity index is 0.834. The van der Waals surface area contributed by atoms with Crippen LogP contribution in [-0.2, 0) is 0 Å². The van der Waals surface area contributed by atoms with Crippen LogP contribution in [0.1, 0.15) is 0 Å². The summed E-state index contributed by atoms with van der Waals surface area (Å²) in [5, 5.41) is 4.66. The zero-order chi connectivity index (χ0) is 42.8. The molecule has 0 saturated carbocycles. The Morgan fingerprint density at radius 2 is 0.969 bits per heavy atom. The largest absolute Gasteiger partial charge is 0.456 e. The van der Waals surface area contributed by atoms with E-state index >= 15 is 0 Å². The first-order valence-corrected chi connectivity index (χ1v) is 22.4. The van der Waals surface area contributed by atoms with Crippen LogP contribution in [0.4, 0.5) is 0 Å². The maximum atomic E-state index is 6.24. The van der Waals surface area contributed by atoms with E-state index < -0.39 is 0 Å². The molecule has 0 bridgehead atoms. The number of imidazole rings is 1. The van der Waals surface area contributed by atoms with Crippen LogP contribution in [0, 0.1) is 0 Å². The van der Waals surface area contributed by atoms with E-state index in [4.69, 9.17) is 24.4 Å². The lowest BCUT2D eigenvalue weighted by Gasteiger charge is -2.10. The molecule has 0 fully saturated rings. The van der Waals surface area contributed by atoms with E-state index in [0.717, 1.165) is 77.9 Å². The van der Waals surface area contributed by atoms with Crippen LogP contribution < -0.4 is 0 Å². The number of nitrogens with zero attached hydrogens (tertiary/aromatic N) is 5. The van der Waals surface area contributed by atoms with Crippen molar-refractivity contribution in [1.29, 1.82) is 0 Å². The molecule has 65 heavy (non-hydrogen) atoms. The number of aromatic nitrogens is 5. The molecule has 0 unspecified atom stereocenters. The molecule has 0 N–H and O–H groups in total. The minimum atomic E-state index is 0.592. The fourth-order valence-electron chi connectivity index (χ4n) is 9.09. The van der Waals surface area contributed by atoms with E-state index in [1.165, 1.54) is 31.3 Å². The van der Waals surface area contributed by atoms with Crippen molar-refractivity contribution in [3.05, 3.63) is 212 Å². The van der Waals surface area contributed by atoms with Crippen molar-refractivity contribution < 1.29 is 4.42 Å². The van der Waals surface area contributed by atoms with Gasteiger partial charge in [-0.3, -0.25) is 4.57 Å². The van der Waals surface area contributed by atoms with Gasteiger partial charge in [-0.1, -0.05) is 158 Å². The maximum Gasteiger partial charge on any atom is 0.164 e. The Bertz CT molecular complexity index is 3930. The molecule has 9 aromatic carbocycles. The lowest BCUT2D eigenvalue weighted by molar-refractivity contribution is 0.669. The second-order valence-corrected chi connectivity index (χ2v) is 17.3. The second-order valence-electron chi connectivity index (χ2n) is 16.2. The molecule has 0 aliphatic carbocycles. The molecule has 4 aromatic heterocycles. The van der Waals surface area contributed by atoms with Gasteiger partial charge in [-0.05, 0) is 76.9 Å². The van der Waals surface area contributed by atoms with E-state index in [1.807, 2.05) is 78.1 Å². The number of benzene rings is 9. The highest BCUT2D eigenvalue weighted by Gasteiger charge is 2.18. The smallest absolute Gasteiger partial charge is 0.164 e. The number of rotatable bonds is 7. The standard InChI is InChI=1S/C58H35N5OS/c1-3-12-38(13-4-1)55-60-56(62-57(61-55)42-30-32-46-45-16-7-10-21-51(45)64-52(46)35-42)39-26-24-37(25-27-39)44-17-11-18-47-48-34-41(31-33-53(48)65-54(44)47)36-22-28-40(29-23-36)58-59-49-19-8-9-20-50(49)63(58)43-14-5-2-6-15-43/h1-35H. The molecule has 0 spiro atoms. The van der Waals surface area contributed by atoms with Gasteiger partial charge in [0.1, 0.15) is 17.0 Å². The maximum absolute atomic E-state index is 6.24. The van der Waals surface area contributed by atoms with Crippen LogP contribution in [0.15, 0.2) is 217 Å². The number of furan rings is 1. The fraction of sp³-hybridized carbons (Fsp3) is 0. The molecule has 0 radical (unpaired) electrons. The molecular weight excluding hydrogens is 815 g/mol. The fourth-order valence-corrected chi connectivity index (χ4v) is 10.3. The monoisotopic (exact) mass is 849 g/mol. The van der Waals surface area contributed by atoms with Crippen molar-refractivity contribution in [3.63, 3.8) is 0 Å². The van der Waals surface area contributed by atoms with Crippen LogP contribution in [0.25, 0.3) is 127 Å². The lowest BCUT2D eigenvalue weighted by atomic mass is 9.99. The second kappa shape index (κ2) is 15.1. The van der Waals surface area contributed by atoms with Gasteiger partial charge in [0.15, 0.2) is 17.5 Å². The summed E-state index contributed by atoms with van der Waals surface area (Å²) in [4.78, 5) is 20.1. The first-order chi connectivity index (χ1) is 32.2. The summed E-state index contributed by atoms with van der Waals surface area (Å²) in [7, 11) is 0. The van der Waals surface area contributed by atoms with Gasteiger partial charge < -0.3 is 4.42 Å². The summed E-state index contributed by atoms with van der Waals surface area (Å²) in [6.45, 7) is 0. The van der Waals surface area contributed by atoms with E-state index in [0.29, 0.717) is 17.5 Å². The third kappa shape index (κ3) is 6.40. The Morgan fingerprint density at radius 1 is 0.369 bits per heavy atom. The molecule has 0 aliphatic heterocycles. The zero-order valence-electron chi connectivity index (χ0n) is 34.8. The summed E-state index contributed by atoms with van der Waals surface area (Å²) in [6.07, 6.45) is 0. The molecule has 0 amide bonds. The van der Waals surface area contributed by atoms with Gasteiger partial charge in [0.25, 0.3) is 0 Å². The van der Waals surface area contributed by atoms with Gasteiger partial charge >= 0.3 is 0 Å². The van der Waals surface area contributed by atoms with Crippen molar-refractivity contribution in [3.8, 4) is 73.5 Å². The number of thiophene rings is 1. The lowest BCUT2D eigenvalue weighted by Crippen LogP contribution is -2.00. The predicted octanol–water partition coefficient (Wildman–Crippen LogP) is 15.5. The van der Waals surface area contributed by atoms with Gasteiger partial charge in [0.2, 0.25) is 0 Å². The van der Waals surface area contributed by atoms with Gasteiger partial charge in [0.05, 0.1) is 11.0 Å². The SMILES string of the molecule is c1ccc(-c2nc(-c3ccc(-c4cccc5c4sc4ccc(-c6ccc(-c7nc8ccccc8n7-c7ccccc7)cc6)cc45)cc3)nc(-c3ccc4c(c3)oc3ccccc34)n2)cc1. The topological polar surface area (TPSA) is 69.6 Å². The van der Waals surface area contributed by atoms with Gasteiger partial charge in [0, 0.05) is 58.9 Å². The molecule has 13 rings (SSSR count). The Morgan fingerprint density at radius 3 is 1.78 bits per heavy atom. The van der Waals surface area contributed by atoms with Gasteiger partial charge in [-0.25, -0.2) is 19.9 Å². The third-order valence-electron chi connectivity index (χ3n) is 12.3. The van der Waals surface area contributed by atoms with Crippen molar-refractivity contribution >= 4 is 64.5 Å². The highest BCUT2D eigenvalue weighted by molar-refractivity contribution is 7.26. The minimum absolute atomic E-state index is 0.592. The van der Waals surface area contributed by atoms with Crippen molar-refractivity contribution in [2.24, 2.45) is 0 Å². The molecule has 6 nitrogen and oxygen atoms in total. The molecule has 0 atom stereocenters. The van der Waals surface area contributed by atoms with E-state index in [1.54, 1.807) is 0 Å². The Labute approximate surface area is 377 Å². The molecule has 7 heteroatoms. The number of hydrogen-bond acceptors (Lipinski definition) is 6. The highest BCUT2D eigenvalue weighted by Crippen LogP contribution is 2.42. The first-order valence-electron chi connectivity index (χ1n) is 21.6. The Hall–Kier alpha value is -8.52. The Kier molecular flexibility index (Phi) is 8.60. The van der Waals surface area contributed by atoms with Crippen LogP contribution in [-0.4, -0.2) is 24.5 Å². The van der Waals surface area contributed by atoms with E-state index in [-0.39, 0.29) is 0 Å². The van der Waals surface area contributed by atoms with Crippen molar-refractivity contribution in [2.45, 2.75) is 0 Å². The summed E-state index contributed by atoms with van der Waals surface area (Å²) < 4.78 is 11.0. The van der Waals surface area contributed by atoms with Crippen LogP contribution in [0.3, 0.4) is 0 Å². The van der Waals surface area contributed by atoms with E-state index in [2.05, 4.69) is 150 Å². The van der Waals surface area contributed by atoms with Crippen LogP contribution in [0.5, 0.6) is 0 Å². The molecule has 4 heterocycles. The molecule has 304 valence electrons. The van der Waals surface area contributed by atoms with Gasteiger partial charge in [-0.15, -0.1) is 11.3 Å². The summed E-state index contributed by atoms with van der Waals surface area (Å²) in [5.41, 5.74) is 13.3.